The molecule has 18 heavy (non-hydrogen) atoms. The minimum Gasteiger partial charge on any atom is -0.342 e. The summed E-state index contributed by atoms with van der Waals surface area (Å²) in [5, 5.41) is 2.82. The molecule has 1 saturated heterocycles. The second-order valence-electron chi connectivity index (χ2n) is 6.40. The van der Waals surface area contributed by atoms with Gasteiger partial charge in [-0.3, -0.25) is 9.59 Å². The maximum atomic E-state index is 12.6. The molecule has 2 aliphatic rings. The fraction of sp³-hybridized carbons (Fsp3) is 0.857. The Hall–Kier alpha value is -1.06. The largest absolute Gasteiger partial charge is 0.342 e. The predicted molar refractivity (Wildman–Crippen MR) is 69.9 cm³/mol. The average Bonchev–Trinajstić information content (AvgIpc) is 2.55. The molecule has 1 aliphatic carbocycles. The van der Waals surface area contributed by atoms with Crippen LogP contribution >= 0.6 is 0 Å². The van der Waals surface area contributed by atoms with Crippen LogP contribution in [0, 0.1) is 11.8 Å². The molecule has 0 radical (unpaired) electrons. The van der Waals surface area contributed by atoms with Crippen molar-refractivity contribution in [1.29, 1.82) is 0 Å². The van der Waals surface area contributed by atoms with Gasteiger partial charge in [0.25, 0.3) is 0 Å². The Morgan fingerprint density at radius 3 is 2.44 bits per heavy atom. The summed E-state index contributed by atoms with van der Waals surface area (Å²) in [6.07, 6.45) is 2.67. The zero-order valence-corrected chi connectivity index (χ0v) is 11.8. The lowest BCUT2D eigenvalue weighted by molar-refractivity contribution is -0.140. The van der Waals surface area contributed by atoms with Crippen molar-refractivity contribution >= 4 is 11.8 Å². The first-order valence-electron chi connectivity index (χ1n) is 6.95. The highest BCUT2D eigenvalue weighted by Gasteiger charge is 2.43. The van der Waals surface area contributed by atoms with Crippen LogP contribution in [0.25, 0.3) is 0 Å². The monoisotopic (exact) mass is 252 g/mol. The first kappa shape index (κ1) is 13.4. The SMILES string of the molecule is CC1CCC(N2CCC(=O)NC(C)(C)C2=O)C1C. The van der Waals surface area contributed by atoms with E-state index >= 15 is 0 Å². The number of nitrogens with zero attached hydrogens (tertiary/aromatic N) is 1. The predicted octanol–water partition coefficient (Wildman–Crippen LogP) is 1.55. The Balaban J connectivity index is 2.21. The fourth-order valence-electron chi connectivity index (χ4n) is 3.24. The molecule has 1 heterocycles. The molecule has 3 atom stereocenters. The molecule has 102 valence electrons. The van der Waals surface area contributed by atoms with Crippen molar-refractivity contribution in [2.24, 2.45) is 11.8 Å². The molecule has 0 spiro atoms. The van der Waals surface area contributed by atoms with E-state index in [9.17, 15) is 9.59 Å². The van der Waals surface area contributed by atoms with Crippen LogP contribution in [0.1, 0.15) is 47.0 Å². The lowest BCUT2D eigenvalue weighted by Crippen LogP contribution is -2.55. The number of carbonyl (C=O) groups excluding carboxylic acids is 2. The van der Waals surface area contributed by atoms with Crippen LogP contribution in [0.2, 0.25) is 0 Å². The molecule has 4 nitrogen and oxygen atoms in total. The molecule has 0 aromatic carbocycles. The second-order valence-corrected chi connectivity index (χ2v) is 6.40. The van der Waals surface area contributed by atoms with E-state index in [0.29, 0.717) is 30.8 Å². The summed E-state index contributed by atoms with van der Waals surface area (Å²) in [7, 11) is 0. The van der Waals surface area contributed by atoms with Gasteiger partial charge in [-0.05, 0) is 38.5 Å². The van der Waals surface area contributed by atoms with Crippen molar-refractivity contribution in [1.82, 2.24) is 10.2 Å². The number of rotatable bonds is 1. The highest BCUT2D eigenvalue weighted by Crippen LogP contribution is 2.36. The summed E-state index contributed by atoms with van der Waals surface area (Å²) < 4.78 is 0. The molecule has 1 saturated carbocycles. The van der Waals surface area contributed by atoms with E-state index in [-0.39, 0.29) is 11.8 Å². The Bertz CT molecular complexity index is 365. The number of amides is 2. The molecular weight excluding hydrogens is 228 g/mol. The molecule has 2 rings (SSSR count). The van der Waals surface area contributed by atoms with Gasteiger partial charge in [-0.2, -0.15) is 0 Å². The normalized spacial score (nSPS) is 36.4. The van der Waals surface area contributed by atoms with E-state index in [1.807, 2.05) is 4.90 Å². The molecule has 0 aromatic rings. The number of hydrogen-bond donors (Lipinski definition) is 1. The van der Waals surface area contributed by atoms with Crippen LogP contribution in [-0.2, 0) is 9.59 Å². The quantitative estimate of drug-likeness (QED) is 0.769. The highest BCUT2D eigenvalue weighted by atomic mass is 16.2. The van der Waals surface area contributed by atoms with Crippen molar-refractivity contribution in [2.75, 3.05) is 6.54 Å². The van der Waals surface area contributed by atoms with Crippen LogP contribution in [0.4, 0.5) is 0 Å². The third kappa shape index (κ3) is 2.25. The molecule has 0 aromatic heterocycles. The first-order chi connectivity index (χ1) is 8.33. The minimum atomic E-state index is -0.765. The first-order valence-corrected chi connectivity index (χ1v) is 6.95. The number of nitrogens with one attached hydrogen (secondary N) is 1. The van der Waals surface area contributed by atoms with Crippen molar-refractivity contribution in [3.05, 3.63) is 0 Å². The van der Waals surface area contributed by atoms with Gasteiger partial charge in [0, 0.05) is 19.0 Å². The Labute approximate surface area is 109 Å². The van der Waals surface area contributed by atoms with E-state index in [4.69, 9.17) is 0 Å². The summed E-state index contributed by atoms with van der Waals surface area (Å²) in [4.78, 5) is 26.2. The number of carbonyl (C=O) groups is 2. The molecule has 3 unspecified atom stereocenters. The van der Waals surface area contributed by atoms with Gasteiger partial charge in [-0.1, -0.05) is 13.8 Å². The van der Waals surface area contributed by atoms with Crippen molar-refractivity contribution in [2.45, 2.75) is 58.5 Å². The van der Waals surface area contributed by atoms with Gasteiger partial charge in [0.15, 0.2) is 0 Å². The highest BCUT2D eigenvalue weighted by molar-refractivity contribution is 5.93. The van der Waals surface area contributed by atoms with E-state index in [0.717, 1.165) is 6.42 Å². The van der Waals surface area contributed by atoms with Gasteiger partial charge < -0.3 is 10.2 Å². The summed E-state index contributed by atoms with van der Waals surface area (Å²) in [5.41, 5.74) is -0.765. The van der Waals surface area contributed by atoms with Crippen LogP contribution < -0.4 is 5.32 Å². The van der Waals surface area contributed by atoms with Crippen LogP contribution in [0.3, 0.4) is 0 Å². The van der Waals surface area contributed by atoms with Gasteiger partial charge in [-0.25, -0.2) is 0 Å². The van der Waals surface area contributed by atoms with Crippen LogP contribution in [-0.4, -0.2) is 34.8 Å². The third-order valence-electron chi connectivity index (χ3n) is 4.65. The maximum absolute atomic E-state index is 12.6. The molecule has 1 aliphatic heterocycles. The Morgan fingerprint density at radius 2 is 1.89 bits per heavy atom. The summed E-state index contributed by atoms with van der Waals surface area (Å²) in [5.74, 6) is 1.24. The van der Waals surface area contributed by atoms with Crippen molar-refractivity contribution < 1.29 is 9.59 Å². The van der Waals surface area contributed by atoms with E-state index in [1.54, 1.807) is 13.8 Å². The zero-order valence-electron chi connectivity index (χ0n) is 11.8. The summed E-state index contributed by atoms with van der Waals surface area (Å²) in [6.45, 7) is 8.64. The topological polar surface area (TPSA) is 49.4 Å². The average molecular weight is 252 g/mol. The maximum Gasteiger partial charge on any atom is 0.248 e. The molecule has 1 N–H and O–H groups in total. The zero-order chi connectivity index (χ0) is 13.5. The van der Waals surface area contributed by atoms with Crippen molar-refractivity contribution in [3.8, 4) is 0 Å². The number of hydrogen-bond acceptors (Lipinski definition) is 2. The fourth-order valence-corrected chi connectivity index (χ4v) is 3.24. The standard InChI is InChI=1S/C14H24N2O2/c1-9-5-6-11(10(9)2)16-8-7-12(17)15-14(3,4)13(16)18/h9-11H,5-8H2,1-4H3,(H,15,17). The lowest BCUT2D eigenvalue weighted by Gasteiger charge is -2.35. The second kappa shape index (κ2) is 4.56. The Kier molecular flexibility index (Phi) is 3.39. The minimum absolute atomic E-state index is 0.0189. The molecular formula is C14H24N2O2. The van der Waals surface area contributed by atoms with Crippen LogP contribution in [0.15, 0.2) is 0 Å². The van der Waals surface area contributed by atoms with Crippen LogP contribution in [0.5, 0.6) is 0 Å². The summed E-state index contributed by atoms with van der Waals surface area (Å²) in [6, 6.07) is 0.305. The van der Waals surface area contributed by atoms with E-state index in [2.05, 4.69) is 19.2 Å². The molecule has 2 fully saturated rings. The third-order valence-corrected chi connectivity index (χ3v) is 4.65. The van der Waals surface area contributed by atoms with Gasteiger partial charge in [0.1, 0.15) is 5.54 Å². The smallest absolute Gasteiger partial charge is 0.248 e. The van der Waals surface area contributed by atoms with Gasteiger partial charge in [0.05, 0.1) is 0 Å². The Morgan fingerprint density at radius 1 is 1.22 bits per heavy atom. The van der Waals surface area contributed by atoms with E-state index < -0.39 is 5.54 Å². The van der Waals surface area contributed by atoms with Crippen molar-refractivity contribution in [3.63, 3.8) is 0 Å². The van der Waals surface area contributed by atoms with E-state index in [1.165, 1.54) is 6.42 Å². The molecule has 4 heteroatoms. The lowest BCUT2D eigenvalue weighted by atomic mass is 9.95. The molecule has 2 amide bonds. The van der Waals surface area contributed by atoms with Gasteiger partial charge in [0.2, 0.25) is 11.8 Å². The van der Waals surface area contributed by atoms with Gasteiger partial charge >= 0.3 is 0 Å². The van der Waals surface area contributed by atoms with Gasteiger partial charge in [-0.15, -0.1) is 0 Å². The summed E-state index contributed by atoms with van der Waals surface area (Å²) >= 11 is 0. The molecule has 0 bridgehead atoms.